The van der Waals surface area contributed by atoms with Gasteiger partial charge in [0.05, 0.1) is 5.39 Å². The second-order valence-corrected chi connectivity index (χ2v) is 7.83. The highest BCUT2D eigenvalue weighted by atomic mass is 32.1. The van der Waals surface area contributed by atoms with Crippen molar-refractivity contribution in [3.05, 3.63) is 65.8 Å². The summed E-state index contributed by atoms with van der Waals surface area (Å²) in [5.41, 5.74) is 4.46. The predicted octanol–water partition coefficient (Wildman–Crippen LogP) is 4.64. The van der Waals surface area contributed by atoms with Crippen molar-refractivity contribution < 1.29 is 14.3 Å². The zero-order valence-corrected chi connectivity index (χ0v) is 17.8. The molecule has 0 saturated heterocycles. The van der Waals surface area contributed by atoms with Gasteiger partial charge in [0.2, 0.25) is 11.8 Å². The molecule has 0 aliphatic rings. The maximum Gasteiger partial charge on any atom is 0.262 e. The monoisotopic (exact) mass is 432 g/mol. The molecule has 8 heteroatoms. The Kier molecular flexibility index (Phi) is 5.90. The highest BCUT2D eigenvalue weighted by molar-refractivity contribution is 7.17. The number of carbonyl (C=O) groups is 2. The number of rotatable bonds is 6. The molecule has 0 unspecified atom stereocenters. The van der Waals surface area contributed by atoms with Gasteiger partial charge in [0.15, 0.2) is 6.61 Å². The molecule has 0 fully saturated rings. The summed E-state index contributed by atoms with van der Waals surface area (Å²) in [4.78, 5) is 32.8. The summed E-state index contributed by atoms with van der Waals surface area (Å²) in [6.45, 7) is 3.29. The summed E-state index contributed by atoms with van der Waals surface area (Å²) < 4.78 is 5.76. The van der Waals surface area contributed by atoms with E-state index < -0.39 is 0 Å². The molecule has 2 N–H and O–H groups in total. The first-order chi connectivity index (χ1) is 15.0. The molecule has 0 bridgehead atoms. The molecular weight excluding hydrogens is 412 g/mol. The Morgan fingerprint density at radius 2 is 1.65 bits per heavy atom. The van der Waals surface area contributed by atoms with E-state index in [2.05, 4.69) is 20.6 Å². The maximum absolute atomic E-state index is 12.4. The SMILES string of the molecule is CC(=O)Nc1ccc(NC(=O)COc2ncnc3scc(-c4ccc(C)cc4)c23)cc1. The number of thiophene rings is 1. The molecule has 0 aliphatic carbocycles. The molecular formula is C23H20N4O3S. The van der Waals surface area contributed by atoms with Crippen LogP contribution in [-0.2, 0) is 9.59 Å². The van der Waals surface area contributed by atoms with Crippen LogP contribution in [-0.4, -0.2) is 28.4 Å². The van der Waals surface area contributed by atoms with E-state index in [9.17, 15) is 9.59 Å². The fourth-order valence-electron chi connectivity index (χ4n) is 3.07. The van der Waals surface area contributed by atoms with E-state index in [4.69, 9.17) is 4.74 Å². The molecule has 4 rings (SSSR count). The number of nitrogens with zero attached hydrogens (tertiary/aromatic N) is 2. The fraction of sp³-hybridized carbons (Fsp3) is 0.130. The van der Waals surface area contributed by atoms with E-state index in [1.807, 2.05) is 36.6 Å². The molecule has 2 amide bonds. The van der Waals surface area contributed by atoms with Gasteiger partial charge in [-0.1, -0.05) is 29.8 Å². The second kappa shape index (κ2) is 8.93. The van der Waals surface area contributed by atoms with Crippen LogP contribution in [0.1, 0.15) is 12.5 Å². The summed E-state index contributed by atoms with van der Waals surface area (Å²) in [5.74, 6) is -0.0936. The van der Waals surface area contributed by atoms with Crippen LogP contribution in [0.2, 0.25) is 0 Å². The number of hydrogen-bond acceptors (Lipinski definition) is 6. The van der Waals surface area contributed by atoms with Crippen LogP contribution in [0.15, 0.2) is 60.2 Å². The Balaban J connectivity index is 1.47. The van der Waals surface area contributed by atoms with Crippen LogP contribution in [0.25, 0.3) is 21.3 Å². The van der Waals surface area contributed by atoms with Crippen molar-refractivity contribution in [3.63, 3.8) is 0 Å². The van der Waals surface area contributed by atoms with Crippen molar-refractivity contribution in [2.75, 3.05) is 17.2 Å². The molecule has 0 spiro atoms. The standard InChI is InChI=1S/C23H20N4O3S/c1-14-3-5-16(6-4-14)19-12-31-23-21(19)22(24-13-25-23)30-11-20(29)27-18-9-7-17(8-10-18)26-15(2)28/h3-10,12-13H,11H2,1-2H3,(H,26,28)(H,27,29). The van der Waals surface area contributed by atoms with E-state index in [0.29, 0.717) is 17.3 Å². The lowest BCUT2D eigenvalue weighted by Gasteiger charge is -2.09. The van der Waals surface area contributed by atoms with Crippen LogP contribution in [0.3, 0.4) is 0 Å². The topological polar surface area (TPSA) is 93.2 Å². The normalized spacial score (nSPS) is 10.6. The van der Waals surface area contributed by atoms with Gasteiger partial charge >= 0.3 is 0 Å². The van der Waals surface area contributed by atoms with Gasteiger partial charge in [0.25, 0.3) is 5.91 Å². The minimum absolute atomic E-state index is 0.153. The fourth-order valence-corrected chi connectivity index (χ4v) is 3.98. The van der Waals surface area contributed by atoms with Crippen LogP contribution in [0.4, 0.5) is 11.4 Å². The number of aromatic nitrogens is 2. The van der Waals surface area contributed by atoms with Crippen molar-refractivity contribution in [2.24, 2.45) is 0 Å². The summed E-state index contributed by atoms with van der Waals surface area (Å²) >= 11 is 1.51. The third-order valence-corrected chi connectivity index (χ3v) is 5.41. The van der Waals surface area contributed by atoms with E-state index in [-0.39, 0.29) is 18.4 Å². The molecule has 0 saturated carbocycles. The van der Waals surface area contributed by atoms with Gasteiger partial charge < -0.3 is 15.4 Å². The first kappa shape index (κ1) is 20.5. The van der Waals surface area contributed by atoms with Crippen molar-refractivity contribution in [2.45, 2.75) is 13.8 Å². The lowest BCUT2D eigenvalue weighted by molar-refractivity contribution is -0.118. The van der Waals surface area contributed by atoms with E-state index >= 15 is 0 Å². The van der Waals surface area contributed by atoms with Gasteiger partial charge in [-0.05, 0) is 36.8 Å². The van der Waals surface area contributed by atoms with Crippen molar-refractivity contribution in [1.82, 2.24) is 9.97 Å². The number of anilines is 2. The number of benzene rings is 2. The van der Waals surface area contributed by atoms with Crippen molar-refractivity contribution in [1.29, 1.82) is 0 Å². The third kappa shape index (κ3) is 4.87. The van der Waals surface area contributed by atoms with Crippen LogP contribution in [0.5, 0.6) is 5.88 Å². The molecule has 0 aliphatic heterocycles. The lowest BCUT2D eigenvalue weighted by atomic mass is 10.0. The summed E-state index contributed by atoms with van der Waals surface area (Å²) in [5, 5.41) is 8.26. The van der Waals surface area contributed by atoms with Crippen LogP contribution >= 0.6 is 11.3 Å². The number of fused-ring (bicyclic) bond motifs is 1. The van der Waals surface area contributed by atoms with E-state index in [0.717, 1.165) is 21.3 Å². The average molecular weight is 433 g/mol. The molecule has 0 atom stereocenters. The van der Waals surface area contributed by atoms with Crippen LogP contribution < -0.4 is 15.4 Å². The van der Waals surface area contributed by atoms with E-state index in [1.54, 1.807) is 24.3 Å². The number of amides is 2. The summed E-state index contributed by atoms with van der Waals surface area (Å²) in [6, 6.07) is 15.0. The number of nitrogens with one attached hydrogen (secondary N) is 2. The molecule has 2 aromatic carbocycles. The Hall–Kier alpha value is -3.78. The average Bonchev–Trinajstić information content (AvgIpc) is 3.19. The molecule has 31 heavy (non-hydrogen) atoms. The number of hydrogen-bond donors (Lipinski definition) is 2. The van der Waals surface area contributed by atoms with Gasteiger partial charge in [0.1, 0.15) is 11.2 Å². The van der Waals surface area contributed by atoms with Gasteiger partial charge in [0, 0.05) is 29.2 Å². The zero-order chi connectivity index (χ0) is 21.8. The highest BCUT2D eigenvalue weighted by Gasteiger charge is 2.15. The molecule has 156 valence electrons. The second-order valence-electron chi connectivity index (χ2n) is 6.97. The third-order valence-electron chi connectivity index (χ3n) is 4.53. The summed E-state index contributed by atoms with van der Waals surface area (Å²) in [7, 11) is 0. The number of ether oxygens (including phenoxy) is 1. The minimum Gasteiger partial charge on any atom is -0.467 e. The lowest BCUT2D eigenvalue weighted by Crippen LogP contribution is -2.20. The largest absolute Gasteiger partial charge is 0.467 e. The predicted molar refractivity (Wildman–Crippen MR) is 122 cm³/mol. The highest BCUT2D eigenvalue weighted by Crippen LogP contribution is 2.37. The smallest absolute Gasteiger partial charge is 0.262 e. The Labute approximate surface area is 183 Å². The van der Waals surface area contributed by atoms with Crippen molar-refractivity contribution >= 4 is 44.7 Å². The maximum atomic E-state index is 12.4. The van der Waals surface area contributed by atoms with Gasteiger partial charge in [-0.15, -0.1) is 11.3 Å². The van der Waals surface area contributed by atoms with Crippen molar-refractivity contribution in [3.8, 4) is 17.0 Å². The van der Waals surface area contributed by atoms with Crippen LogP contribution in [0, 0.1) is 6.92 Å². The number of aryl methyl sites for hydroxylation is 1. The van der Waals surface area contributed by atoms with Gasteiger partial charge in [-0.25, -0.2) is 9.97 Å². The quantitative estimate of drug-likeness (QED) is 0.463. The van der Waals surface area contributed by atoms with Gasteiger partial charge in [-0.2, -0.15) is 0 Å². The Bertz CT molecular complexity index is 1230. The Morgan fingerprint density at radius 1 is 0.968 bits per heavy atom. The zero-order valence-electron chi connectivity index (χ0n) is 17.0. The summed E-state index contributed by atoms with van der Waals surface area (Å²) in [6.07, 6.45) is 1.44. The molecule has 2 heterocycles. The molecule has 0 radical (unpaired) electrons. The van der Waals surface area contributed by atoms with E-state index in [1.165, 1.54) is 30.2 Å². The minimum atomic E-state index is -0.314. The van der Waals surface area contributed by atoms with Gasteiger partial charge in [-0.3, -0.25) is 9.59 Å². The number of carbonyl (C=O) groups excluding carboxylic acids is 2. The molecule has 7 nitrogen and oxygen atoms in total. The molecule has 4 aromatic rings. The first-order valence-corrected chi connectivity index (χ1v) is 10.5. The Morgan fingerprint density at radius 3 is 2.32 bits per heavy atom. The first-order valence-electron chi connectivity index (χ1n) is 9.59. The molecule has 2 aromatic heterocycles.